The Hall–Kier alpha value is -3.10. The number of carbonyl (C=O) groups excluding carboxylic acids is 1. The van der Waals surface area contributed by atoms with Crippen LogP contribution < -0.4 is 5.32 Å². The molecule has 2 heterocycles. The van der Waals surface area contributed by atoms with E-state index in [2.05, 4.69) is 15.5 Å². The standard InChI is InChI=1S/C21H24F3N5O/c1-13-7-5-6-8-17(13)12-29-16(4)20(15(3)26-29)25-19(30)9-10-28-14(2)11-18(27-28)21(22,23)24/h5-8,11H,9-10,12H2,1-4H3,(H,25,30). The van der Waals surface area contributed by atoms with Gasteiger partial charge in [-0.2, -0.15) is 23.4 Å². The van der Waals surface area contributed by atoms with Crippen molar-refractivity contribution < 1.29 is 18.0 Å². The Bertz CT molecular complexity index is 1070. The van der Waals surface area contributed by atoms with Gasteiger partial charge >= 0.3 is 6.18 Å². The molecule has 9 heteroatoms. The van der Waals surface area contributed by atoms with Crippen molar-refractivity contribution in [3.8, 4) is 0 Å². The highest BCUT2D eigenvalue weighted by atomic mass is 19.4. The van der Waals surface area contributed by atoms with Gasteiger partial charge in [-0.3, -0.25) is 14.2 Å². The fourth-order valence-corrected chi connectivity index (χ4v) is 3.27. The monoisotopic (exact) mass is 419 g/mol. The second-order valence-corrected chi connectivity index (χ2v) is 7.32. The second-order valence-electron chi connectivity index (χ2n) is 7.32. The summed E-state index contributed by atoms with van der Waals surface area (Å²) in [6.07, 6.45) is -4.50. The minimum absolute atomic E-state index is 0.00166. The lowest BCUT2D eigenvalue weighted by molar-refractivity contribution is -0.141. The zero-order valence-corrected chi connectivity index (χ0v) is 17.3. The van der Waals surface area contributed by atoms with Gasteiger partial charge in [0, 0.05) is 18.7 Å². The summed E-state index contributed by atoms with van der Waals surface area (Å²) in [7, 11) is 0. The van der Waals surface area contributed by atoms with Crippen LogP contribution in [0.3, 0.4) is 0 Å². The van der Waals surface area contributed by atoms with Gasteiger partial charge in [0.15, 0.2) is 5.69 Å². The number of benzene rings is 1. The molecule has 6 nitrogen and oxygen atoms in total. The van der Waals surface area contributed by atoms with Crippen LogP contribution in [0.1, 0.15) is 40.3 Å². The van der Waals surface area contributed by atoms with Crippen LogP contribution in [-0.4, -0.2) is 25.5 Å². The number of rotatable bonds is 6. The third kappa shape index (κ3) is 4.72. The minimum Gasteiger partial charge on any atom is -0.323 e. The highest BCUT2D eigenvalue weighted by molar-refractivity contribution is 5.91. The lowest BCUT2D eigenvalue weighted by Gasteiger charge is -2.09. The third-order valence-corrected chi connectivity index (χ3v) is 5.05. The van der Waals surface area contributed by atoms with Gasteiger partial charge in [0.05, 0.1) is 23.6 Å². The second kappa shape index (κ2) is 8.33. The fraction of sp³-hybridized carbons (Fsp3) is 0.381. The van der Waals surface area contributed by atoms with Crippen molar-refractivity contribution in [1.82, 2.24) is 19.6 Å². The maximum absolute atomic E-state index is 12.8. The average Bonchev–Trinajstić information content (AvgIpc) is 3.17. The number of carbonyl (C=O) groups is 1. The largest absolute Gasteiger partial charge is 0.435 e. The minimum atomic E-state index is -4.50. The molecule has 0 spiro atoms. The molecule has 0 bridgehead atoms. The normalized spacial score (nSPS) is 11.7. The third-order valence-electron chi connectivity index (χ3n) is 5.05. The maximum Gasteiger partial charge on any atom is 0.435 e. The van der Waals surface area contributed by atoms with E-state index in [1.807, 2.05) is 49.7 Å². The van der Waals surface area contributed by atoms with E-state index in [1.54, 1.807) is 0 Å². The van der Waals surface area contributed by atoms with E-state index in [-0.39, 0.29) is 18.9 Å². The fourth-order valence-electron chi connectivity index (χ4n) is 3.27. The van der Waals surface area contributed by atoms with Crippen molar-refractivity contribution in [2.75, 3.05) is 5.32 Å². The van der Waals surface area contributed by atoms with Gasteiger partial charge in [0.25, 0.3) is 0 Å². The molecule has 3 aromatic rings. The number of aryl methyl sites for hydroxylation is 4. The topological polar surface area (TPSA) is 64.7 Å². The number of aromatic nitrogens is 4. The Labute approximate surface area is 172 Å². The molecule has 0 atom stereocenters. The van der Waals surface area contributed by atoms with Crippen LogP contribution in [0.2, 0.25) is 0 Å². The highest BCUT2D eigenvalue weighted by Gasteiger charge is 2.34. The lowest BCUT2D eigenvalue weighted by Crippen LogP contribution is -2.17. The Balaban J connectivity index is 1.67. The van der Waals surface area contributed by atoms with Crippen LogP contribution in [0.5, 0.6) is 0 Å². The Morgan fingerprint density at radius 2 is 1.77 bits per heavy atom. The molecule has 0 unspecified atom stereocenters. The summed E-state index contributed by atoms with van der Waals surface area (Å²) in [5.41, 5.74) is 3.82. The predicted octanol–water partition coefficient (Wildman–Crippen LogP) is 4.41. The van der Waals surface area contributed by atoms with Gasteiger partial charge in [-0.15, -0.1) is 0 Å². The zero-order valence-electron chi connectivity index (χ0n) is 17.3. The van der Waals surface area contributed by atoms with Crippen molar-refractivity contribution >= 4 is 11.6 Å². The first-order valence-electron chi connectivity index (χ1n) is 9.56. The highest BCUT2D eigenvalue weighted by Crippen LogP contribution is 2.28. The number of anilines is 1. The molecule has 3 rings (SSSR count). The number of hydrogen-bond donors (Lipinski definition) is 1. The molecule has 1 N–H and O–H groups in total. The van der Waals surface area contributed by atoms with Crippen LogP contribution in [0.15, 0.2) is 30.3 Å². The molecule has 1 aromatic carbocycles. The summed E-state index contributed by atoms with van der Waals surface area (Å²) >= 11 is 0. The Morgan fingerprint density at radius 3 is 2.40 bits per heavy atom. The average molecular weight is 419 g/mol. The summed E-state index contributed by atoms with van der Waals surface area (Å²) in [4.78, 5) is 12.4. The Kier molecular flexibility index (Phi) is 6.00. The first kappa shape index (κ1) is 21.6. The van der Waals surface area contributed by atoms with Gasteiger partial charge in [0.1, 0.15) is 0 Å². The number of alkyl halides is 3. The number of nitrogens with zero attached hydrogens (tertiary/aromatic N) is 4. The van der Waals surface area contributed by atoms with Gasteiger partial charge < -0.3 is 5.32 Å². The van der Waals surface area contributed by atoms with E-state index in [9.17, 15) is 18.0 Å². The summed E-state index contributed by atoms with van der Waals surface area (Å²) < 4.78 is 41.4. The van der Waals surface area contributed by atoms with Crippen LogP contribution in [0, 0.1) is 27.7 Å². The molecule has 0 fully saturated rings. The zero-order chi connectivity index (χ0) is 22.1. The van der Waals surface area contributed by atoms with Crippen molar-refractivity contribution in [1.29, 1.82) is 0 Å². The smallest absolute Gasteiger partial charge is 0.323 e. The molecule has 2 aromatic heterocycles. The predicted molar refractivity (Wildman–Crippen MR) is 107 cm³/mol. The van der Waals surface area contributed by atoms with Crippen LogP contribution >= 0.6 is 0 Å². The lowest BCUT2D eigenvalue weighted by atomic mass is 10.1. The summed E-state index contributed by atoms with van der Waals surface area (Å²) in [5, 5.41) is 10.9. The first-order chi connectivity index (χ1) is 14.1. The van der Waals surface area contributed by atoms with Gasteiger partial charge in [0.2, 0.25) is 5.91 Å². The van der Waals surface area contributed by atoms with Crippen molar-refractivity contribution in [2.45, 2.75) is 53.4 Å². The van der Waals surface area contributed by atoms with Crippen molar-refractivity contribution in [2.24, 2.45) is 0 Å². The molecule has 0 saturated carbocycles. The summed E-state index contributed by atoms with van der Waals surface area (Å²) in [6, 6.07) is 8.99. The molecular formula is C21H24F3N5O. The molecule has 30 heavy (non-hydrogen) atoms. The molecule has 160 valence electrons. The molecule has 0 radical (unpaired) electrons. The quantitative estimate of drug-likeness (QED) is 0.644. The van der Waals surface area contributed by atoms with E-state index in [0.29, 0.717) is 23.6 Å². The van der Waals surface area contributed by atoms with Gasteiger partial charge in [-0.05, 0) is 44.9 Å². The number of hydrogen-bond acceptors (Lipinski definition) is 3. The van der Waals surface area contributed by atoms with E-state index in [1.165, 1.54) is 11.6 Å². The van der Waals surface area contributed by atoms with Crippen molar-refractivity contribution in [3.63, 3.8) is 0 Å². The molecule has 0 aliphatic carbocycles. The first-order valence-corrected chi connectivity index (χ1v) is 9.56. The Morgan fingerprint density at radius 1 is 1.07 bits per heavy atom. The molecular weight excluding hydrogens is 395 g/mol. The van der Waals surface area contributed by atoms with E-state index in [4.69, 9.17) is 0 Å². The van der Waals surface area contributed by atoms with E-state index in [0.717, 1.165) is 22.9 Å². The van der Waals surface area contributed by atoms with Gasteiger partial charge in [-0.1, -0.05) is 24.3 Å². The molecule has 0 aliphatic heterocycles. The summed E-state index contributed by atoms with van der Waals surface area (Å²) in [6.45, 7) is 7.89. The van der Waals surface area contributed by atoms with Crippen LogP contribution in [0.25, 0.3) is 0 Å². The van der Waals surface area contributed by atoms with Crippen molar-refractivity contribution in [3.05, 3.63) is 64.2 Å². The molecule has 0 aliphatic rings. The van der Waals surface area contributed by atoms with E-state index < -0.39 is 11.9 Å². The molecule has 0 saturated heterocycles. The van der Waals surface area contributed by atoms with Crippen LogP contribution in [-0.2, 0) is 24.1 Å². The van der Waals surface area contributed by atoms with Gasteiger partial charge in [-0.25, -0.2) is 0 Å². The SMILES string of the molecule is Cc1ccccc1Cn1nc(C)c(NC(=O)CCn2nc(C(F)(F)F)cc2C)c1C. The summed E-state index contributed by atoms with van der Waals surface area (Å²) in [5.74, 6) is -0.305. The number of nitrogens with one attached hydrogen (secondary N) is 1. The van der Waals surface area contributed by atoms with Crippen LogP contribution in [0.4, 0.5) is 18.9 Å². The molecule has 1 amide bonds. The van der Waals surface area contributed by atoms with E-state index >= 15 is 0 Å². The number of amides is 1. The number of halogens is 3. The maximum atomic E-state index is 12.8.